The summed E-state index contributed by atoms with van der Waals surface area (Å²) in [7, 11) is 3.56. The minimum absolute atomic E-state index is 0.113. The fraction of sp³-hybridized carbons (Fsp3) is 0.900. The molecule has 2 unspecified atom stereocenters. The van der Waals surface area contributed by atoms with Gasteiger partial charge in [0, 0.05) is 5.38 Å². The third kappa shape index (κ3) is 5.45. The molecule has 0 radical (unpaired) electrons. The summed E-state index contributed by atoms with van der Waals surface area (Å²) in [6.45, 7) is 2.08. The van der Waals surface area contributed by atoms with Gasteiger partial charge in [-0.05, 0) is 33.4 Å². The summed E-state index contributed by atoms with van der Waals surface area (Å²) < 4.78 is 0. The van der Waals surface area contributed by atoms with Crippen molar-refractivity contribution in [3.05, 3.63) is 0 Å². The molecule has 0 saturated heterocycles. The van der Waals surface area contributed by atoms with E-state index in [9.17, 15) is 4.79 Å². The van der Waals surface area contributed by atoms with Crippen molar-refractivity contribution in [1.82, 2.24) is 4.90 Å². The normalized spacial score (nSPS) is 15.5. The van der Waals surface area contributed by atoms with Gasteiger partial charge in [0.05, 0.1) is 0 Å². The van der Waals surface area contributed by atoms with E-state index >= 15 is 0 Å². The van der Waals surface area contributed by atoms with Gasteiger partial charge in [-0.25, -0.2) is 0 Å². The predicted octanol–water partition coefficient (Wildman–Crippen LogP) is 2.19. The average molecular weight is 222 g/mol. The lowest BCUT2D eigenvalue weighted by atomic mass is 10.1. The molecule has 0 rings (SSSR count). The fourth-order valence-corrected chi connectivity index (χ4v) is 1.74. The van der Waals surface area contributed by atoms with E-state index in [0.717, 1.165) is 19.3 Å². The lowest BCUT2D eigenvalue weighted by molar-refractivity contribution is -0.142. The monoisotopic (exact) mass is 221 g/mol. The second kappa shape index (κ2) is 7.07. The number of carboxylic acid groups (broad SMARTS) is 1. The van der Waals surface area contributed by atoms with Crippen LogP contribution in [-0.2, 0) is 4.79 Å². The lowest BCUT2D eigenvalue weighted by Crippen LogP contribution is -2.36. The molecular formula is C10H20ClNO2. The van der Waals surface area contributed by atoms with Gasteiger partial charge >= 0.3 is 5.97 Å². The van der Waals surface area contributed by atoms with Crippen LogP contribution in [0, 0.1) is 0 Å². The maximum atomic E-state index is 10.8. The number of nitrogens with zero attached hydrogens (tertiary/aromatic N) is 1. The maximum absolute atomic E-state index is 10.8. The molecule has 0 aromatic rings. The van der Waals surface area contributed by atoms with Crippen LogP contribution in [-0.4, -0.2) is 41.5 Å². The van der Waals surface area contributed by atoms with E-state index < -0.39 is 12.0 Å². The van der Waals surface area contributed by atoms with Gasteiger partial charge in [0.25, 0.3) is 0 Å². The van der Waals surface area contributed by atoms with E-state index in [0.29, 0.717) is 6.42 Å². The van der Waals surface area contributed by atoms with Crippen molar-refractivity contribution in [1.29, 1.82) is 0 Å². The summed E-state index contributed by atoms with van der Waals surface area (Å²) in [6.07, 6.45) is 3.40. The molecule has 0 saturated carbocycles. The summed E-state index contributed by atoms with van der Waals surface area (Å²) in [5.74, 6) is -0.768. The first kappa shape index (κ1) is 13.7. The van der Waals surface area contributed by atoms with Gasteiger partial charge in [-0.15, -0.1) is 11.6 Å². The summed E-state index contributed by atoms with van der Waals surface area (Å²) in [6, 6.07) is -0.409. The Morgan fingerprint density at radius 3 is 2.29 bits per heavy atom. The number of carboxylic acids is 1. The van der Waals surface area contributed by atoms with Gasteiger partial charge in [-0.1, -0.05) is 13.3 Å². The molecule has 0 aromatic heterocycles. The molecule has 14 heavy (non-hydrogen) atoms. The van der Waals surface area contributed by atoms with E-state index in [-0.39, 0.29) is 5.38 Å². The molecule has 0 aliphatic carbocycles. The van der Waals surface area contributed by atoms with Gasteiger partial charge < -0.3 is 5.11 Å². The second-order valence-electron chi connectivity index (χ2n) is 3.78. The van der Waals surface area contributed by atoms with Gasteiger partial charge in [0.1, 0.15) is 6.04 Å². The summed E-state index contributed by atoms with van der Waals surface area (Å²) in [5.41, 5.74) is 0. The zero-order valence-electron chi connectivity index (χ0n) is 9.16. The molecule has 1 N–H and O–H groups in total. The van der Waals surface area contributed by atoms with Crippen molar-refractivity contribution in [3.63, 3.8) is 0 Å². The van der Waals surface area contributed by atoms with Crippen molar-refractivity contribution in [2.75, 3.05) is 14.1 Å². The van der Waals surface area contributed by atoms with Crippen LogP contribution >= 0.6 is 11.6 Å². The van der Waals surface area contributed by atoms with Crippen molar-refractivity contribution >= 4 is 17.6 Å². The third-order valence-corrected chi connectivity index (χ3v) is 2.70. The Kier molecular flexibility index (Phi) is 6.93. The smallest absolute Gasteiger partial charge is 0.320 e. The summed E-state index contributed by atoms with van der Waals surface area (Å²) in [4.78, 5) is 12.5. The molecule has 0 fully saturated rings. The number of likely N-dealkylation sites (N-methyl/N-ethyl adjacent to an activating group) is 1. The zero-order chi connectivity index (χ0) is 11.1. The first-order chi connectivity index (χ1) is 6.49. The molecule has 0 aliphatic rings. The number of hydrogen-bond donors (Lipinski definition) is 1. The van der Waals surface area contributed by atoms with E-state index in [4.69, 9.17) is 16.7 Å². The van der Waals surface area contributed by atoms with Crippen LogP contribution in [0.2, 0.25) is 0 Å². The van der Waals surface area contributed by atoms with E-state index in [1.165, 1.54) is 0 Å². The molecule has 0 spiro atoms. The number of hydrogen-bond acceptors (Lipinski definition) is 2. The highest BCUT2D eigenvalue weighted by molar-refractivity contribution is 6.20. The molecular weight excluding hydrogens is 202 g/mol. The Morgan fingerprint density at radius 1 is 1.36 bits per heavy atom. The van der Waals surface area contributed by atoms with Crippen molar-refractivity contribution in [3.8, 4) is 0 Å². The Labute approximate surface area is 91.0 Å². The fourth-order valence-electron chi connectivity index (χ4n) is 1.40. The molecule has 0 aliphatic heterocycles. The molecule has 2 atom stereocenters. The van der Waals surface area contributed by atoms with Gasteiger partial charge in [0.15, 0.2) is 0 Å². The minimum atomic E-state index is -0.768. The summed E-state index contributed by atoms with van der Waals surface area (Å²) in [5, 5.41) is 9.01. The quantitative estimate of drug-likeness (QED) is 0.670. The topological polar surface area (TPSA) is 40.5 Å². The molecule has 3 nitrogen and oxygen atoms in total. The van der Waals surface area contributed by atoms with Crippen molar-refractivity contribution < 1.29 is 9.90 Å². The first-order valence-corrected chi connectivity index (χ1v) is 5.46. The Bertz CT molecular complexity index is 174. The van der Waals surface area contributed by atoms with Crippen LogP contribution in [0.5, 0.6) is 0 Å². The summed E-state index contributed by atoms with van der Waals surface area (Å²) >= 11 is 6.02. The Hall–Kier alpha value is -0.280. The third-order valence-electron chi connectivity index (χ3n) is 2.26. The highest BCUT2D eigenvalue weighted by Gasteiger charge is 2.20. The number of halogens is 1. The van der Waals surface area contributed by atoms with Crippen LogP contribution in [0.1, 0.15) is 32.6 Å². The van der Waals surface area contributed by atoms with Crippen LogP contribution in [0.3, 0.4) is 0 Å². The van der Waals surface area contributed by atoms with Crippen molar-refractivity contribution in [2.45, 2.75) is 44.0 Å². The van der Waals surface area contributed by atoms with E-state index in [1.807, 2.05) is 0 Å². The van der Waals surface area contributed by atoms with E-state index in [1.54, 1.807) is 19.0 Å². The SMILES string of the molecule is CCCC(Cl)CCC(C(=O)O)N(C)C. The number of alkyl halides is 1. The Morgan fingerprint density at radius 2 is 1.93 bits per heavy atom. The molecule has 0 bridgehead atoms. The standard InChI is InChI=1S/C10H20ClNO2/c1-4-5-8(11)6-7-9(10(13)14)12(2)3/h8-9H,4-7H2,1-3H3,(H,13,14). The highest BCUT2D eigenvalue weighted by atomic mass is 35.5. The molecule has 0 heterocycles. The predicted molar refractivity (Wildman–Crippen MR) is 58.9 cm³/mol. The number of carbonyl (C=O) groups is 1. The lowest BCUT2D eigenvalue weighted by Gasteiger charge is -2.20. The molecule has 0 amide bonds. The maximum Gasteiger partial charge on any atom is 0.320 e. The van der Waals surface area contributed by atoms with Crippen LogP contribution in [0.4, 0.5) is 0 Å². The van der Waals surface area contributed by atoms with Crippen LogP contribution < -0.4 is 0 Å². The average Bonchev–Trinajstić information content (AvgIpc) is 2.03. The van der Waals surface area contributed by atoms with Crippen LogP contribution in [0.25, 0.3) is 0 Å². The van der Waals surface area contributed by atoms with Gasteiger partial charge in [-0.2, -0.15) is 0 Å². The molecule has 4 heteroatoms. The second-order valence-corrected chi connectivity index (χ2v) is 4.40. The van der Waals surface area contributed by atoms with E-state index in [2.05, 4.69) is 6.92 Å². The first-order valence-electron chi connectivity index (χ1n) is 5.02. The number of rotatable bonds is 7. The zero-order valence-corrected chi connectivity index (χ0v) is 9.92. The van der Waals surface area contributed by atoms with Crippen molar-refractivity contribution in [2.24, 2.45) is 0 Å². The largest absolute Gasteiger partial charge is 0.480 e. The van der Waals surface area contributed by atoms with Crippen LogP contribution in [0.15, 0.2) is 0 Å². The molecule has 84 valence electrons. The minimum Gasteiger partial charge on any atom is -0.480 e. The number of aliphatic carboxylic acids is 1. The highest BCUT2D eigenvalue weighted by Crippen LogP contribution is 2.15. The van der Waals surface area contributed by atoms with Gasteiger partial charge in [-0.3, -0.25) is 9.69 Å². The Balaban J connectivity index is 3.88. The van der Waals surface area contributed by atoms with Gasteiger partial charge in [0.2, 0.25) is 0 Å². The molecule has 0 aromatic carbocycles.